The minimum absolute atomic E-state index is 0.151. The largest absolute Gasteiger partial charge is 0.453 e. The molecule has 0 fully saturated rings. The molecule has 0 spiro atoms. The lowest BCUT2D eigenvalue weighted by molar-refractivity contribution is 0.381. The minimum atomic E-state index is -3.19. The highest BCUT2D eigenvalue weighted by atomic mass is 31.2. The molecule has 0 atom stereocenters. The van der Waals surface area contributed by atoms with E-state index in [2.05, 4.69) is 29.7 Å². The van der Waals surface area contributed by atoms with E-state index < -0.39 is 41.8 Å². The van der Waals surface area contributed by atoms with E-state index in [1.54, 1.807) is 90.4 Å². The molecule has 0 bridgehead atoms. The average molecular weight is 1300 g/mol. The molecule has 2 aromatic heterocycles. The van der Waals surface area contributed by atoms with Gasteiger partial charge in [0.2, 0.25) is 5.82 Å². The van der Waals surface area contributed by atoms with Gasteiger partial charge in [0.25, 0.3) is 0 Å². The molecular weight excluding hydrogens is 1250 g/mol. The first kappa shape index (κ1) is 60.7. The van der Waals surface area contributed by atoms with E-state index in [0.29, 0.717) is 34.5 Å². The van der Waals surface area contributed by atoms with Crippen molar-refractivity contribution in [3.05, 3.63) is 339 Å². The SMILES string of the molecule is Fc1c(F)c(F)c(-c2ccccc2N2c3ccccc3Oc3ccccc32)c(F)c1F.O=P(c1ccccc1)(c1ccccc1)c1ccccc1N1c2ccccc2Oc2ccccc21.c1cnc(-c2cccc(-c3ncccn3)c2N2c3ccccc3Oc3ccccc32)nc1. The fourth-order valence-electron chi connectivity index (χ4n) is 12.2. The third kappa shape index (κ3) is 11.1. The van der Waals surface area contributed by atoms with Gasteiger partial charge in [-0.3, -0.25) is 0 Å². The van der Waals surface area contributed by atoms with Crippen molar-refractivity contribution in [1.82, 2.24) is 19.9 Å². The molecule has 470 valence electrons. The minimum Gasteiger partial charge on any atom is -0.453 e. The molecule has 17 rings (SSSR count). The summed E-state index contributed by atoms with van der Waals surface area (Å²) < 4.78 is 104. The zero-order valence-electron chi connectivity index (χ0n) is 51.0. The van der Waals surface area contributed by atoms with Crippen molar-refractivity contribution in [2.24, 2.45) is 0 Å². The number of rotatable bonds is 9. The molecule has 0 saturated carbocycles. The third-order valence-corrected chi connectivity index (χ3v) is 19.6. The summed E-state index contributed by atoms with van der Waals surface area (Å²) >= 11 is 0. The summed E-state index contributed by atoms with van der Waals surface area (Å²) in [4.78, 5) is 24.2. The average Bonchev–Trinajstić information content (AvgIpc) is 0.745. The van der Waals surface area contributed by atoms with Gasteiger partial charge >= 0.3 is 0 Å². The van der Waals surface area contributed by atoms with Gasteiger partial charge in [0.05, 0.1) is 56.7 Å². The topological polar surface area (TPSA) is 106 Å². The summed E-state index contributed by atoms with van der Waals surface area (Å²) in [5.41, 5.74) is 7.40. The van der Waals surface area contributed by atoms with Gasteiger partial charge in [-0.25, -0.2) is 41.9 Å². The zero-order chi connectivity index (χ0) is 66.0. The number of hydrogen-bond donors (Lipinski definition) is 0. The molecule has 0 aliphatic carbocycles. The first-order valence-corrected chi connectivity index (χ1v) is 32.4. The first-order valence-electron chi connectivity index (χ1n) is 30.7. The Balaban J connectivity index is 0.000000119. The lowest BCUT2D eigenvalue weighted by atomic mass is 9.99. The van der Waals surface area contributed by atoms with Crippen molar-refractivity contribution in [2.45, 2.75) is 0 Å². The Morgan fingerprint density at radius 3 is 0.948 bits per heavy atom. The van der Waals surface area contributed by atoms with Crippen LogP contribution in [0.1, 0.15) is 0 Å². The van der Waals surface area contributed by atoms with Crippen LogP contribution in [0.2, 0.25) is 0 Å². The van der Waals surface area contributed by atoms with Gasteiger partial charge in [0, 0.05) is 57.4 Å². The molecule has 11 nitrogen and oxygen atoms in total. The van der Waals surface area contributed by atoms with E-state index in [1.165, 1.54) is 12.1 Å². The Morgan fingerprint density at radius 2 is 0.557 bits per heavy atom. The van der Waals surface area contributed by atoms with Crippen molar-refractivity contribution in [2.75, 3.05) is 14.7 Å². The maximum atomic E-state index is 15.2. The van der Waals surface area contributed by atoms with Gasteiger partial charge in [-0.1, -0.05) is 170 Å². The molecule has 3 aliphatic rings. The van der Waals surface area contributed by atoms with Crippen LogP contribution >= 0.6 is 7.14 Å². The van der Waals surface area contributed by atoms with Crippen LogP contribution in [-0.2, 0) is 4.57 Å². The molecule has 0 amide bonds. The Bertz CT molecular complexity index is 5050. The predicted octanol–water partition coefficient (Wildman–Crippen LogP) is 20.7. The van der Waals surface area contributed by atoms with Crippen LogP contribution in [0.25, 0.3) is 33.9 Å². The number of halogens is 5. The van der Waals surface area contributed by atoms with Crippen LogP contribution < -0.4 is 44.8 Å². The second kappa shape index (κ2) is 26.1. The van der Waals surface area contributed by atoms with Gasteiger partial charge in [-0.05, 0) is 115 Å². The summed E-state index contributed by atoms with van der Waals surface area (Å²) in [7, 11) is -3.19. The summed E-state index contributed by atoms with van der Waals surface area (Å²) in [6, 6.07) is 89.1. The van der Waals surface area contributed by atoms with E-state index in [1.807, 2.05) is 212 Å². The Morgan fingerprint density at radius 1 is 0.268 bits per heavy atom. The molecule has 5 heterocycles. The lowest BCUT2D eigenvalue weighted by Crippen LogP contribution is -2.29. The maximum absolute atomic E-state index is 15.2. The Hall–Kier alpha value is -12.5. The summed E-state index contributed by atoms with van der Waals surface area (Å²) in [6.45, 7) is 0. The lowest BCUT2D eigenvalue weighted by Gasteiger charge is -2.35. The molecule has 0 saturated heterocycles. The molecule has 12 aromatic carbocycles. The number of anilines is 9. The van der Waals surface area contributed by atoms with Gasteiger partial charge in [-0.2, -0.15) is 0 Å². The van der Waals surface area contributed by atoms with Gasteiger partial charge in [0.1, 0.15) is 0 Å². The predicted molar refractivity (Wildman–Crippen MR) is 370 cm³/mol. The van der Waals surface area contributed by atoms with Crippen LogP contribution in [0.4, 0.5) is 73.1 Å². The zero-order valence-corrected chi connectivity index (χ0v) is 51.9. The van der Waals surface area contributed by atoms with E-state index in [-0.39, 0.29) is 11.3 Å². The van der Waals surface area contributed by atoms with E-state index in [4.69, 9.17) is 14.2 Å². The molecule has 97 heavy (non-hydrogen) atoms. The summed E-state index contributed by atoms with van der Waals surface area (Å²) in [5, 5.41) is 2.41. The number of para-hydroxylation sites is 15. The number of hydrogen-bond acceptors (Lipinski definition) is 11. The fourth-order valence-corrected chi connectivity index (χ4v) is 15.1. The second-order valence-corrected chi connectivity index (χ2v) is 24.9. The number of benzene rings is 12. The number of nitrogens with zero attached hydrogens (tertiary/aromatic N) is 7. The van der Waals surface area contributed by atoms with Gasteiger partial charge < -0.3 is 33.5 Å². The quantitative estimate of drug-likeness (QED) is 0.0597. The van der Waals surface area contributed by atoms with Crippen molar-refractivity contribution in [3.63, 3.8) is 0 Å². The molecule has 3 aliphatic heterocycles. The Kier molecular flexibility index (Phi) is 16.3. The summed E-state index contributed by atoms with van der Waals surface area (Å²) in [6.07, 6.45) is 7.00. The Labute approximate surface area is 554 Å². The second-order valence-electron chi connectivity index (χ2n) is 22.2. The van der Waals surface area contributed by atoms with Gasteiger partial charge in [-0.15, -0.1) is 0 Å². The third-order valence-electron chi connectivity index (χ3n) is 16.5. The highest BCUT2D eigenvalue weighted by Gasteiger charge is 2.37. The van der Waals surface area contributed by atoms with Crippen LogP contribution in [-0.4, -0.2) is 19.9 Å². The standard InChI is InChI=1S/C30H22NO2P.C26H17N5O.C24H12F5NO/c32-34(23-13-3-1-4-14-23,24-15-5-2-6-16-24)30-22-12-9-19-27(30)31-25-17-7-10-20-28(25)33-29-21-11-8-18-26(29)31;1-3-12-22-20(10-1)31(21-11-2-4-13-23(21)32-22)24-18(25-27-14-6-15-28-25)8-5-9-19(24)26-29-16-7-17-30-26;25-20-19(21(26)23(28)24(29)22(20)27)13-7-1-2-8-14(13)30-15-9-3-5-11-17(15)31-18-12-6-4-10-16(18)30/h1-22H;1-17H;1-12H. The van der Waals surface area contributed by atoms with Crippen molar-refractivity contribution >= 4 is 74.2 Å². The van der Waals surface area contributed by atoms with E-state index in [9.17, 15) is 22.0 Å². The normalized spacial score (nSPS) is 12.2. The number of ether oxygens (including phenoxy) is 3. The fraction of sp³-hybridized carbons (Fsp3) is 0. The van der Waals surface area contributed by atoms with E-state index in [0.717, 1.165) is 84.2 Å². The molecule has 17 heteroatoms. The van der Waals surface area contributed by atoms with Crippen molar-refractivity contribution in [3.8, 4) is 68.4 Å². The van der Waals surface area contributed by atoms with Crippen molar-refractivity contribution < 1.29 is 40.7 Å². The van der Waals surface area contributed by atoms with Crippen LogP contribution in [0.3, 0.4) is 0 Å². The highest BCUT2D eigenvalue weighted by molar-refractivity contribution is 7.85. The molecule has 0 unspecified atom stereocenters. The van der Waals surface area contributed by atoms with Gasteiger partial charge in [0.15, 0.2) is 76.6 Å². The molecule has 0 radical (unpaired) electrons. The van der Waals surface area contributed by atoms with E-state index >= 15 is 4.57 Å². The molecule has 0 N–H and O–H groups in total. The number of aromatic nitrogens is 4. The van der Waals surface area contributed by atoms with Crippen LogP contribution in [0, 0.1) is 29.1 Å². The monoisotopic (exact) mass is 1300 g/mol. The van der Waals surface area contributed by atoms with Crippen LogP contribution in [0.15, 0.2) is 310 Å². The smallest absolute Gasteiger partial charge is 0.200 e. The summed E-state index contributed by atoms with van der Waals surface area (Å²) in [5.74, 6) is -4.67. The molecular formula is C80H51F5N7O4P. The first-order chi connectivity index (χ1) is 47.7. The van der Waals surface area contributed by atoms with Crippen molar-refractivity contribution in [1.29, 1.82) is 0 Å². The highest BCUT2D eigenvalue weighted by Crippen LogP contribution is 2.57. The van der Waals surface area contributed by atoms with Crippen LogP contribution in [0.5, 0.6) is 34.5 Å². The maximum Gasteiger partial charge on any atom is 0.200 e. The molecule has 14 aromatic rings. The number of fused-ring (bicyclic) bond motifs is 6.